The van der Waals surface area contributed by atoms with Crippen molar-refractivity contribution in [2.45, 2.75) is 26.3 Å². The zero-order chi connectivity index (χ0) is 9.23. The van der Waals surface area contributed by atoms with Crippen LogP contribution in [0.3, 0.4) is 0 Å². The van der Waals surface area contributed by atoms with Crippen LogP contribution in [-0.2, 0) is 9.47 Å². The van der Waals surface area contributed by atoms with Crippen molar-refractivity contribution in [3.63, 3.8) is 0 Å². The van der Waals surface area contributed by atoms with Gasteiger partial charge in [0.2, 0.25) is 0 Å². The van der Waals surface area contributed by atoms with Gasteiger partial charge in [0.1, 0.15) is 0 Å². The zero-order valence-corrected chi connectivity index (χ0v) is 8.43. The van der Waals surface area contributed by atoms with E-state index in [-0.39, 0.29) is 0 Å². The highest BCUT2D eigenvalue weighted by molar-refractivity contribution is 4.63. The van der Waals surface area contributed by atoms with Crippen LogP contribution in [0.1, 0.15) is 20.3 Å². The second-order valence-corrected chi connectivity index (χ2v) is 2.78. The Morgan fingerprint density at radius 1 is 1.25 bits per heavy atom. The van der Waals surface area contributed by atoms with Gasteiger partial charge in [0.05, 0.1) is 19.3 Å². The van der Waals surface area contributed by atoms with Gasteiger partial charge in [0, 0.05) is 13.7 Å². The molecular weight excluding hydrogens is 154 g/mol. The lowest BCUT2D eigenvalue weighted by Gasteiger charge is -2.16. The number of nitrogens with one attached hydrogen (secondary N) is 1. The van der Waals surface area contributed by atoms with Crippen molar-refractivity contribution in [3.8, 4) is 0 Å². The predicted octanol–water partition coefficient (Wildman–Crippen LogP) is 1.04. The Bertz CT molecular complexity index is 82.6. The van der Waals surface area contributed by atoms with Crippen LogP contribution in [0.2, 0.25) is 0 Å². The second-order valence-electron chi connectivity index (χ2n) is 2.78. The molecule has 0 bridgehead atoms. The van der Waals surface area contributed by atoms with E-state index >= 15 is 0 Å². The van der Waals surface area contributed by atoms with E-state index in [1.807, 2.05) is 0 Å². The second kappa shape index (κ2) is 8.97. The first-order valence-corrected chi connectivity index (χ1v) is 4.65. The van der Waals surface area contributed by atoms with Gasteiger partial charge in [-0.1, -0.05) is 13.8 Å². The standard InChI is InChI=1S/C9H21NO2/c1-4-6-12-8-9(7-11-3)10-5-2/h9-10H,4-8H2,1-3H3. The summed E-state index contributed by atoms with van der Waals surface area (Å²) in [6.45, 7) is 7.46. The number of likely N-dealkylation sites (N-methyl/N-ethyl adjacent to an activating group) is 1. The molecule has 12 heavy (non-hydrogen) atoms. The summed E-state index contributed by atoms with van der Waals surface area (Å²) in [6, 6.07) is 0.339. The average Bonchev–Trinajstić information content (AvgIpc) is 2.06. The van der Waals surface area contributed by atoms with E-state index in [1.54, 1.807) is 7.11 Å². The van der Waals surface area contributed by atoms with E-state index in [0.717, 1.165) is 32.8 Å². The van der Waals surface area contributed by atoms with E-state index in [1.165, 1.54) is 0 Å². The molecule has 0 aliphatic carbocycles. The highest BCUT2D eigenvalue weighted by Crippen LogP contribution is 1.88. The topological polar surface area (TPSA) is 30.5 Å². The van der Waals surface area contributed by atoms with Crippen molar-refractivity contribution < 1.29 is 9.47 Å². The lowest BCUT2D eigenvalue weighted by atomic mass is 10.3. The molecule has 0 spiro atoms. The summed E-state index contributed by atoms with van der Waals surface area (Å²) in [5.41, 5.74) is 0. The fourth-order valence-electron chi connectivity index (χ4n) is 1.03. The maximum atomic E-state index is 5.41. The smallest absolute Gasteiger partial charge is 0.0642 e. The quantitative estimate of drug-likeness (QED) is 0.559. The molecule has 0 saturated carbocycles. The molecule has 3 heteroatoms. The molecule has 0 saturated heterocycles. The molecule has 1 N–H and O–H groups in total. The molecule has 0 aromatic heterocycles. The molecule has 3 nitrogen and oxygen atoms in total. The fourth-order valence-corrected chi connectivity index (χ4v) is 1.03. The SMILES string of the molecule is CCCOCC(COC)NCC. The van der Waals surface area contributed by atoms with Gasteiger partial charge in [0.25, 0.3) is 0 Å². The number of ether oxygens (including phenoxy) is 2. The molecule has 0 radical (unpaired) electrons. The normalized spacial score (nSPS) is 13.2. The molecule has 0 aromatic carbocycles. The maximum Gasteiger partial charge on any atom is 0.0642 e. The first-order chi connectivity index (χ1) is 5.85. The van der Waals surface area contributed by atoms with Gasteiger partial charge in [-0.05, 0) is 13.0 Å². The van der Waals surface area contributed by atoms with Crippen molar-refractivity contribution in [2.24, 2.45) is 0 Å². The van der Waals surface area contributed by atoms with E-state index in [9.17, 15) is 0 Å². The van der Waals surface area contributed by atoms with Crippen molar-refractivity contribution >= 4 is 0 Å². The van der Waals surface area contributed by atoms with Gasteiger partial charge in [-0.2, -0.15) is 0 Å². The largest absolute Gasteiger partial charge is 0.383 e. The van der Waals surface area contributed by atoms with Crippen LogP contribution in [0, 0.1) is 0 Å². The summed E-state index contributed by atoms with van der Waals surface area (Å²) < 4.78 is 10.5. The van der Waals surface area contributed by atoms with Gasteiger partial charge in [0.15, 0.2) is 0 Å². The minimum Gasteiger partial charge on any atom is -0.383 e. The van der Waals surface area contributed by atoms with Crippen LogP contribution >= 0.6 is 0 Å². The monoisotopic (exact) mass is 175 g/mol. The Hall–Kier alpha value is -0.120. The third-order valence-electron chi connectivity index (χ3n) is 1.53. The number of hydrogen-bond acceptors (Lipinski definition) is 3. The predicted molar refractivity (Wildman–Crippen MR) is 50.5 cm³/mol. The summed E-state index contributed by atoms with van der Waals surface area (Å²) in [4.78, 5) is 0. The Balaban J connectivity index is 3.34. The van der Waals surface area contributed by atoms with E-state index in [0.29, 0.717) is 6.04 Å². The summed E-state index contributed by atoms with van der Waals surface area (Å²) in [6.07, 6.45) is 1.08. The molecule has 1 unspecified atom stereocenters. The van der Waals surface area contributed by atoms with Crippen LogP contribution in [0.4, 0.5) is 0 Å². The minimum absolute atomic E-state index is 0.339. The third-order valence-corrected chi connectivity index (χ3v) is 1.53. The van der Waals surface area contributed by atoms with Crippen molar-refractivity contribution in [2.75, 3.05) is 33.5 Å². The van der Waals surface area contributed by atoms with Gasteiger partial charge in [-0.15, -0.1) is 0 Å². The Kier molecular flexibility index (Phi) is 8.88. The molecule has 0 rings (SSSR count). The Morgan fingerprint density at radius 2 is 2.00 bits per heavy atom. The molecule has 0 aliphatic heterocycles. The molecule has 1 atom stereocenters. The highest BCUT2D eigenvalue weighted by Gasteiger charge is 2.05. The Labute approximate surface area is 75.4 Å². The van der Waals surface area contributed by atoms with Crippen LogP contribution < -0.4 is 5.32 Å². The average molecular weight is 175 g/mol. The van der Waals surface area contributed by atoms with Crippen LogP contribution in [-0.4, -0.2) is 39.5 Å². The van der Waals surface area contributed by atoms with Gasteiger partial charge < -0.3 is 14.8 Å². The fraction of sp³-hybridized carbons (Fsp3) is 1.00. The molecule has 0 heterocycles. The summed E-state index contributed by atoms with van der Waals surface area (Å²) >= 11 is 0. The van der Waals surface area contributed by atoms with E-state index in [4.69, 9.17) is 9.47 Å². The summed E-state index contributed by atoms with van der Waals surface area (Å²) in [5.74, 6) is 0. The number of methoxy groups -OCH3 is 1. The number of rotatable bonds is 8. The number of hydrogen-bond donors (Lipinski definition) is 1. The van der Waals surface area contributed by atoms with E-state index < -0.39 is 0 Å². The molecule has 0 fully saturated rings. The molecule has 0 aliphatic rings. The lowest BCUT2D eigenvalue weighted by Crippen LogP contribution is -2.37. The lowest BCUT2D eigenvalue weighted by molar-refractivity contribution is 0.0752. The van der Waals surface area contributed by atoms with Crippen LogP contribution in [0.25, 0.3) is 0 Å². The van der Waals surface area contributed by atoms with Crippen molar-refractivity contribution in [1.29, 1.82) is 0 Å². The van der Waals surface area contributed by atoms with Gasteiger partial charge in [-0.25, -0.2) is 0 Å². The summed E-state index contributed by atoms with van der Waals surface area (Å²) in [5, 5.41) is 3.29. The van der Waals surface area contributed by atoms with Crippen LogP contribution in [0.5, 0.6) is 0 Å². The minimum atomic E-state index is 0.339. The van der Waals surface area contributed by atoms with Crippen LogP contribution in [0.15, 0.2) is 0 Å². The zero-order valence-electron chi connectivity index (χ0n) is 8.43. The maximum absolute atomic E-state index is 5.41. The molecular formula is C9H21NO2. The van der Waals surface area contributed by atoms with E-state index in [2.05, 4.69) is 19.2 Å². The molecule has 0 amide bonds. The summed E-state index contributed by atoms with van der Waals surface area (Å²) in [7, 11) is 1.71. The van der Waals surface area contributed by atoms with Crippen molar-refractivity contribution in [1.82, 2.24) is 5.32 Å². The molecule has 0 aromatic rings. The third kappa shape index (κ3) is 6.58. The first kappa shape index (κ1) is 11.9. The Morgan fingerprint density at radius 3 is 2.50 bits per heavy atom. The highest BCUT2D eigenvalue weighted by atomic mass is 16.5. The molecule has 74 valence electrons. The van der Waals surface area contributed by atoms with Gasteiger partial charge in [-0.3, -0.25) is 0 Å². The van der Waals surface area contributed by atoms with Gasteiger partial charge >= 0.3 is 0 Å². The first-order valence-electron chi connectivity index (χ1n) is 4.65. The van der Waals surface area contributed by atoms with Crippen molar-refractivity contribution in [3.05, 3.63) is 0 Å².